The molecule has 0 aliphatic carbocycles. The molecule has 0 atom stereocenters. The number of carbonyl (C=O) groups excluding carboxylic acids is 1. The highest BCUT2D eigenvalue weighted by molar-refractivity contribution is 9.11. The highest BCUT2D eigenvalue weighted by Crippen LogP contribution is 2.30. The molecule has 5 nitrogen and oxygen atoms in total. The van der Waals surface area contributed by atoms with E-state index >= 15 is 0 Å². The molecule has 2 aromatic carbocycles. The van der Waals surface area contributed by atoms with Crippen LogP contribution in [0, 0.1) is 0 Å². The van der Waals surface area contributed by atoms with Crippen molar-refractivity contribution in [1.29, 1.82) is 0 Å². The lowest BCUT2D eigenvalue weighted by Gasteiger charge is -2.05. The molecule has 0 saturated heterocycles. The Morgan fingerprint density at radius 1 is 1.26 bits per heavy atom. The van der Waals surface area contributed by atoms with Crippen LogP contribution < -0.4 is 10.7 Å². The van der Waals surface area contributed by atoms with Crippen LogP contribution in [-0.4, -0.2) is 23.8 Å². The molecular weight excluding hydrogens is 449 g/mol. The first-order valence-electron chi connectivity index (χ1n) is 6.45. The number of nitrogens with one attached hydrogen (secondary N) is 2. The van der Waals surface area contributed by atoms with Gasteiger partial charge in [0.05, 0.1) is 17.2 Å². The summed E-state index contributed by atoms with van der Waals surface area (Å²) in [5, 5.41) is 17.3. The molecular formula is C15H12Br2ClN3O2. The van der Waals surface area contributed by atoms with Crippen molar-refractivity contribution in [1.82, 2.24) is 5.43 Å². The Bertz CT molecular complexity index is 736. The number of hydrogen-bond donors (Lipinski definition) is 3. The molecule has 3 N–H and O–H groups in total. The van der Waals surface area contributed by atoms with Crippen molar-refractivity contribution >= 4 is 61.3 Å². The molecule has 8 heteroatoms. The maximum Gasteiger partial charge on any atom is 0.259 e. The summed E-state index contributed by atoms with van der Waals surface area (Å²) in [4.78, 5) is 11.7. The van der Waals surface area contributed by atoms with E-state index in [0.29, 0.717) is 15.1 Å². The lowest BCUT2D eigenvalue weighted by atomic mass is 10.2. The Morgan fingerprint density at radius 3 is 2.65 bits per heavy atom. The van der Waals surface area contributed by atoms with Gasteiger partial charge in [0.15, 0.2) is 0 Å². The Balaban J connectivity index is 1.88. The van der Waals surface area contributed by atoms with Crippen molar-refractivity contribution in [2.75, 3.05) is 11.9 Å². The maximum atomic E-state index is 11.7. The number of phenolic OH excluding ortho intramolecular Hbond substituents is 1. The predicted octanol–water partition coefficient (Wildman–Crippen LogP) is 4.13. The van der Waals surface area contributed by atoms with E-state index in [1.807, 2.05) is 0 Å². The van der Waals surface area contributed by atoms with E-state index in [2.05, 4.69) is 47.7 Å². The minimum Gasteiger partial charge on any atom is -0.506 e. The monoisotopic (exact) mass is 459 g/mol. The van der Waals surface area contributed by atoms with Crippen LogP contribution in [0.1, 0.15) is 5.56 Å². The number of hydrogen-bond acceptors (Lipinski definition) is 4. The molecule has 0 aromatic heterocycles. The van der Waals surface area contributed by atoms with Gasteiger partial charge in [0.1, 0.15) is 5.75 Å². The first kappa shape index (κ1) is 17.8. The van der Waals surface area contributed by atoms with Gasteiger partial charge < -0.3 is 10.4 Å². The fraction of sp³-hybridized carbons (Fsp3) is 0.0667. The van der Waals surface area contributed by atoms with E-state index in [4.69, 9.17) is 11.6 Å². The highest BCUT2D eigenvalue weighted by atomic mass is 79.9. The Morgan fingerprint density at radius 2 is 1.96 bits per heavy atom. The molecule has 0 unspecified atom stereocenters. The zero-order chi connectivity index (χ0) is 16.8. The van der Waals surface area contributed by atoms with Gasteiger partial charge in [0.2, 0.25) is 0 Å². The standard InChI is InChI=1S/C15H12Br2ClN3O2/c16-10-5-9(15(23)13(17)6-10)7-20-21-14(22)8-19-12-3-1-11(18)2-4-12/h1-7,19,23H,8H2,(H,21,22)/b20-7-. The summed E-state index contributed by atoms with van der Waals surface area (Å²) >= 11 is 12.3. The van der Waals surface area contributed by atoms with E-state index in [0.717, 1.165) is 10.2 Å². The summed E-state index contributed by atoms with van der Waals surface area (Å²) in [6.07, 6.45) is 1.37. The maximum absolute atomic E-state index is 11.7. The normalized spacial score (nSPS) is 10.7. The van der Waals surface area contributed by atoms with E-state index in [-0.39, 0.29) is 18.2 Å². The van der Waals surface area contributed by atoms with Crippen LogP contribution in [0.5, 0.6) is 5.75 Å². The van der Waals surface area contributed by atoms with Gasteiger partial charge in [-0.1, -0.05) is 27.5 Å². The number of anilines is 1. The van der Waals surface area contributed by atoms with Crippen molar-refractivity contribution in [3.05, 3.63) is 55.9 Å². The van der Waals surface area contributed by atoms with Crippen LogP contribution >= 0.6 is 43.5 Å². The van der Waals surface area contributed by atoms with Crippen molar-refractivity contribution in [2.24, 2.45) is 5.10 Å². The molecule has 0 bridgehead atoms. The summed E-state index contributed by atoms with van der Waals surface area (Å²) in [5.41, 5.74) is 3.63. The fourth-order valence-electron chi connectivity index (χ4n) is 1.65. The average molecular weight is 462 g/mol. The molecule has 0 heterocycles. The number of hydrazone groups is 1. The number of aromatic hydroxyl groups is 1. The summed E-state index contributed by atoms with van der Waals surface area (Å²) in [6.45, 7) is 0.0626. The second kappa shape index (κ2) is 8.33. The zero-order valence-electron chi connectivity index (χ0n) is 11.7. The van der Waals surface area contributed by atoms with Crippen molar-refractivity contribution in [3.8, 4) is 5.75 Å². The molecule has 120 valence electrons. The smallest absolute Gasteiger partial charge is 0.259 e. The summed E-state index contributed by atoms with van der Waals surface area (Å²) in [6, 6.07) is 10.4. The van der Waals surface area contributed by atoms with Crippen LogP contribution in [0.4, 0.5) is 5.69 Å². The van der Waals surface area contributed by atoms with Gasteiger partial charge in [-0.2, -0.15) is 5.10 Å². The first-order valence-corrected chi connectivity index (χ1v) is 8.41. The van der Waals surface area contributed by atoms with E-state index in [9.17, 15) is 9.90 Å². The SMILES string of the molecule is O=C(CNc1ccc(Cl)cc1)N/N=C\c1cc(Br)cc(Br)c1O. The Labute approximate surface area is 155 Å². The molecule has 0 radical (unpaired) electrons. The largest absolute Gasteiger partial charge is 0.506 e. The molecule has 23 heavy (non-hydrogen) atoms. The van der Waals surface area contributed by atoms with Gasteiger partial charge >= 0.3 is 0 Å². The van der Waals surface area contributed by atoms with Crippen LogP contribution in [0.3, 0.4) is 0 Å². The third-order valence-corrected chi connectivity index (χ3v) is 4.06. The molecule has 0 aliphatic rings. The number of amides is 1. The number of nitrogens with zero attached hydrogens (tertiary/aromatic N) is 1. The number of carbonyl (C=O) groups is 1. The minimum absolute atomic E-state index is 0.0467. The Kier molecular flexibility index (Phi) is 6.44. The van der Waals surface area contributed by atoms with Crippen molar-refractivity contribution in [3.63, 3.8) is 0 Å². The lowest BCUT2D eigenvalue weighted by Crippen LogP contribution is -2.25. The van der Waals surface area contributed by atoms with Crippen LogP contribution in [0.2, 0.25) is 5.02 Å². The van der Waals surface area contributed by atoms with Gasteiger partial charge in [-0.15, -0.1) is 0 Å². The summed E-state index contributed by atoms with van der Waals surface area (Å²) in [5.74, 6) is -0.268. The number of rotatable bonds is 5. The molecule has 2 aromatic rings. The van der Waals surface area contributed by atoms with Gasteiger partial charge in [-0.05, 0) is 52.3 Å². The molecule has 0 fully saturated rings. The third-order valence-electron chi connectivity index (χ3n) is 2.75. The van der Waals surface area contributed by atoms with E-state index in [1.54, 1.807) is 36.4 Å². The summed E-state index contributed by atoms with van der Waals surface area (Å²) < 4.78 is 1.31. The van der Waals surface area contributed by atoms with Crippen LogP contribution in [-0.2, 0) is 4.79 Å². The zero-order valence-corrected chi connectivity index (χ0v) is 15.6. The predicted molar refractivity (Wildman–Crippen MR) is 99.2 cm³/mol. The molecule has 0 saturated carbocycles. The minimum atomic E-state index is -0.315. The quantitative estimate of drug-likeness (QED) is 0.463. The molecule has 0 spiro atoms. The van der Waals surface area contributed by atoms with Crippen LogP contribution in [0.25, 0.3) is 0 Å². The molecule has 0 aliphatic heterocycles. The second-order valence-corrected chi connectivity index (χ2v) is 6.69. The average Bonchev–Trinajstić information content (AvgIpc) is 2.51. The fourth-order valence-corrected chi connectivity index (χ4v) is 3.03. The summed E-state index contributed by atoms with van der Waals surface area (Å²) in [7, 11) is 0. The second-order valence-electron chi connectivity index (χ2n) is 4.48. The Hall–Kier alpha value is -1.57. The first-order chi connectivity index (χ1) is 11.0. The lowest BCUT2D eigenvalue weighted by molar-refractivity contribution is -0.119. The third kappa shape index (κ3) is 5.53. The van der Waals surface area contributed by atoms with Gasteiger partial charge in [-0.25, -0.2) is 5.43 Å². The van der Waals surface area contributed by atoms with Gasteiger partial charge in [0.25, 0.3) is 5.91 Å². The van der Waals surface area contributed by atoms with Crippen molar-refractivity contribution < 1.29 is 9.90 Å². The van der Waals surface area contributed by atoms with Gasteiger partial charge in [0, 0.05) is 20.7 Å². The van der Waals surface area contributed by atoms with E-state index < -0.39 is 0 Å². The van der Waals surface area contributed by atoms with Crippen LogP contribution in [0.15, 0.2) is 50.4 Å². The highest BCUT2D eigenvalue weighted by Gasteiger charge is 2.05. The van der Waals surface area contributed by atoms with Gasteiger partial charge in [-0.3, -0.25) is 4.79 Å². The number of halogens is 3. The topological polar surface area (TPSA) is 73.7 Å². The van der Waals surface area contributed by atoms with E-state index in [1.165, 1.54) is 6.21 Å². The molecule has 2 rings (SSSR count). The molecule has 1 amide bonds. The number of benzene rings is 2. The number of phenols is 1. The van der Waals surface area contributed by atoms with Crippen molar-refractivity contribution in [2.45, 2.75) is 0 Å².